The number of carbonyl (C=O) groups is 1. The molecule has 1 atom stereocenters. The van der Waals surface area contributed by atoms with Crippen LogP contribution in [0.4, 0.5) is 0 Å². The average molecular weight is 463 g/mol. The molecule has 5 nitrogen and oxygen atoms in total. The van der Waals surface area contributed by atoms with E-state index in [1.54, 1.807) is 37.3 Å². The predicted octanol–water partition coefficient (Wildman–Crippen LogP) is 5.42. The van der Waals surface area contributed by atoms with Crippen LogP contribution >= 0.6 is 34.7 Å². The van der Waals surface area contributed by atoms with Crippen LogP contribution in [0.2, 0.25) is 5.02 Å². The highest BCUT2D eigenvalue weighted by Gasteiger charge is 2.16. The number of halogens is 1. The van der Waals surface area contributed by atoms with Crippen molar-refractivity contribution in [2.24, 2.45) is 0 Å². The summed E-state index contributed by atoms with van der Waals surface area (Å²) in [5, 5.41) is 6.29. The molecule has 1 amide bonds. The molecule has 1 heterocycles. The zero-order valence-electron chi connectivity index (χ0n) is 17.0. The van der Waals surface area contributed by atoms with Crippen LogP contribution in [-0.2, 0) is 17.1 Å². The smallest absolute Gasteiger partial charge is 0.233 e. The van der Waals surface area contributed by atoms with E-state index in [1.165, 1.54) is 0 Å². The van der Waals surface area contributed by atoms with E-state index >= 15 is 0 Å². The summed E-state index contributed by atoms with van der Waals surface area (Å²) in [6.07, 6.45) is 0. The summed E-state index contributed by atoms with van der Waals surface area (Å²) in [6.45, 7) is 2.31. The van der Waals surface area contributed by atoms with Gasteiger partial charge in [-0.05, 0) is 30.7 Å². The first-order chi connectivity index (χ1) is 14.5. The summed E-state index contributed by atoms with van der Waals surface area (Å²) in [7, 11) is 3.25. The first-order valence-electron chi connectivity index (χ1n) is 9.31. The molecule has 158 valence electrons. The van der Waals surface area contributed by atoms with Crippen LogP contribution in [0, 0.1) is 0 Å². The van der Waals surface area contributed by atoms with Gasteiger partial charge in [0.05, 0.1) is 30.7 Å². The normalized spacial score (nSPS) is 11.7. The van der Waals surface area contributed by atoms with Crippen LogP contribution in [0.15, 0.2) is 47.8 Å². The standard InChI is InChI=1S/C22H23ClN2O3S2/c1-14(21(26)24-11-15-6-4-5-7-19(15)23)29-12-16-13-30-22(25-16)18-9-8-17(27-2)10-20(18)28-3/h4-10,13-14H,11-12H2,1-3H3,(H,24,26)/t14-/m1/s1. The van der Waals surface area contributed by atoms with Crippen LogP contribution in [0.25, 0.3) is 10.6 Å². The van der Waals surface area contributed by atoms with Gasteiger partial charge in [-0.3, -0.25) is 4.79 Å². The number of hydrogen-bond acceptors (Lipinski definition) is 6. The lowest BCUT2D eigenvalue weighted by Gasteiger charge is -2.12. The summed E-state index contributed by atoms with van der Waals surface area (Å²) in [6, 6.07) is 13.2. The number of methoxy groups -OCH3 is 2. The van der Waals surface area contributed by atoms with E-state index in [-0.39, 0.29) is 11.2 Å². The Kier molecular flexibility index (Phi) is 8.01. The number of thiazole rings is 1. The molecule has 8 heteroatoms. The van der Waals surface area contributed by atoms with Crippen molar-refractivity contribution in [1.82, 2.24) is 10.3 Å². The molecule has 0 bridgehead atoms. The molecule has 0 aliphatic heterocycles. The van der Waals surface area contributed by atoms with Gasteiger partial charge >= 0.3 is 0 Å². The SMILES string of the molecule is COc1ccc(-c2nc(CS[C@H](C)C(=O)NCc3ccccc3Cl)cs2)c(OC)c1. The minimum Gasteiger partial charge on any atom is -0.497 e. The van der Waals surface area contributed by atoms with E-state index in [1.807, 2.05) is 54.8 Å². The zero-order chi connectivity index (χ0) is 21.5. The molecule has 1 N–H and O–H groups in total. The minimum absolute atomic E-state index is 0.0211. The number of ether oxygens (including phenoxy) is 2. The maximum Gasteiger partial charge on any atom is 0.233 e. The molecule has 0 radical (unpaired) electrons. The highest BCUT2D eigenvalue weighted by Crippen LogP contribution is 2.35. The zero-order valence-corrected chi connectivity index (χ0v) is 19.4. The predicted molar refractivity (Wildman–Crippen MR) is 125 cm³/mol. The third-order valence-corrected chi connectivity index (χ3v) is 6.92. The summed E-state index contributed by atoms with van der Waals surface area (Å²) < 4.78 is 10.7. The van der Waals surface area contributed by atoms with Gasteiger partial charge in [-0.2, -0.15) is 0 Å². The lowest BCUT2D eigenvalue weighted by Crippen LogP contribution is -2.30. The number of benzene rings is 2. The van der Waals surface area contributed by atoms with Crippen molar-refractivity contribution in [1.29, 1.82) is 0 Å². The van der Waals surface area contributed by atoms with Crippen molar-refractivity contribution in [3.63, 3.8) is 0 Å². The molecule has 30 heavy (non-hydrogen) atoms. The number of nitrogens with zero attached hydrogens (tertiary/aromatic N) is 1. The van der Waals surface area contributed by atoms with Crippen LogP contribution in [0.1, 0.15) is 18.2 Å². The van der Waals surface area contributed by atoms with Gasteiger partial charge in [0, 0.05) is 28.8 Å². The lowest BCUT2D eigenvalue weighted by atomic mass is 10.2. The monoisotopic (exact) mass is 462 g/mol. The van der Waals surface area contributed by atoms with Gasteiger partial charge in [0.2, 0.25) is 5.91 Å². The maximum atomic E-state index is 12.4. The fourth-order valence-electron chi connectivity index (χ4n) is 2.73. The molecule has 0 fully saturated rings. The molecule has 0 unspecified atom stereocenters. The molecule has 0 aliphatic rings. The maximum absolute atomic E-state index is 12.4. The Morgan fingerprint density at radius 3 is 2.77 bits per heavy atom. The molecular weight excluding hydrogens is 440 g/mol. The Labute approximate surface area is 189 Å². The Morgan fingerprint density at radius 1 is 1.23 bits per heavy atom. The average Bonchev–Trinajstić information content (AvgIpc) is 3.25. The Balaban J connectivity index is 1.56. The quantitative estimate of drug-likeness (QED) is 0.460. The first kappa shape index (κ1) is 22.5. The number of thioether (sulfide) groups is 1. The van der Waals surface area contributed by atoms with Gasteiger partial charge in [-0.1, -0.05) is 29.8 Å². The van der Waals surface area contributed by atoms with Crippen LogP contribution in [0.3, 0.4) is 0 Å². The number of hydrogen-bond donors (Lipinski definition) is 1. The Morgan fingerprint density at radius 2 is 2.03 bits per heavy atom. The van der Waals surface area contributed by atoms with Crippen LogP contribution in [-0.4, -0.2) is 30.4 Å². The van der Waals surface area contributed by atoms with E-state index in [4.69, 9.17) is 26.1 Å². The second kappa shape index (κ2) is 10.7. The topological polar surface area (TPSA) is 60.5 Å². The Bertz CT molecular complexity index is 1010. The number of carbonyl (C=O) groups excluding carboxylic acids is 1. The molecule has 0 saturated heterocycles. The first-order valence-corrected chi connectivity index (χ1v) is 11.6. The summed E-state index contributed by atoms with van der Waals surface area (Å²) >= 11 is 9.24. The summed E-state index contributed by atoms with van der Waals surface area (Å²) in [5.41, 5.74) is 2.76. The number of amides is 1. The van der Waals surface area contributed by atoms with Crippen molar-refractivity contribution in [3.8, 4) is 22.1 Å². The van der Waals surface area contributed by atoms with Crippen molar-refractivity contribution in [2.45, 2.75) is 24.5 Å². The number of rotatable bonds is 9. The van der Waals surface area contributed by atoms with E-state index in [2.05, 4.69) is 5.32 Å². The highest BCUT2D eigenvalue weighted by atomic mass is 35.5. The van der Waals surface area contributed by atoms with Gasteiger partial charge in [-0.15, -0.1) is 23.1 Å². The molecule has 3 rings (SSSR count). The molecule has 3 aromatic rings. The van der Waals surface area contributed by atoms with Crippen molar-refractivity contribution < 1.29 is 14.3 Å². The molecule has 0 saturated carbocycles. The Hall–Kier alpha value is -2.22. The van der Waals surface area contributed by atoms with Gasteiger partial charge in [0.15, 0.2) is 0 Å². The number of nitrogens with one attached hydrogen (secondary N) is 1. The van der Waals surface area contributed by atoms with Crippen LogP contribution < -0.4 is 14.8 Å². The second-order valence-electron chi connectivity index (χ2n) is 6.47. The molecule has 0 spiro atoms. The summed E-state index contributed by atoms with van der Waals surface area (Å²) in [5.74, 6) is 2.08. The van der Waals surface area contributed by atoms with Crippen LogP contribution in [0.5, 0.6) is 11.5 Å². The summed E-state index contributed by atoms with van der Waals surface area (Å²) in [4.78, 5) is 17.1. The molecular formula is C22H23ClN2O3S2. The molecule has 1 aromatic heterocycles. The van der Waals surface area contributed by atoms with Gasteiger partial charge < -0.3 is 14.8 Å². The van der Waals surface area contributed by atoms with Crippen molar-refractivity contribution in [2.75, 3.05) is 14.2 Å². The minimum atomic E-state index is -0.201. The largest absolute Gasteiger partial charge is 0.497 e. The van der Waals surface area contributed by atoms with Gasteiger partial charge in [0.1, 0.15) is 16.5 Å². The van der Waals surface area contributed by atoms with E-state index in [0.29, 0.717) is 17.3 Å². The highest BCUT2D eigenvalue weighted by molar-refractivity contribution is 7.99. The van der Waals surface area contributed by atoms with Gasteiger partial charge in [-0.25, -0.2) is 4.98 Å². The lowest BCUT2D eigenvalue weighted by molar-refractivity contribution is -0.120. The van der Waals surface area contributed by atoms with Crippen molar-refractivity contribution in [3.05, 3.63) is 64.1 Å². The third-order valence-electron chi connectivity index (χ3n) is 4.45. The fourth-order valence-corrected chi connectivity index (χ4v) is 4.69. The molecule has 2 aromatic carbocycles. The third kappa shape index (κ3) is 5.68. The second-order valence-corrected chi connectivity index (χ2v) is 9.07. The number of aromatic nitrogens is 1. The molecule has 0 aliphatic carbocycles. The van der Waals surface area contributed by atoms with E-state index in [9.17, 15) is 4.79 Å². The van der Waals surface area contributed by atoms with Crippen molar-refractivity contribution >= 4 is 40.6 Å². The van der Waals surface area contributed by atoms with Gasteiger partial charge in [0.25, 0.3) is 0 Å². The fraction of sp³-hybridized carbons (Fsp3) is 0.273. The van der Waals surface area contributed by atoms with E-state index < -0.39 is 0 Å². The van der Waals surface area contributed by atoms with E-state index in [0.717, 1.165) is 33.3 Å².